The predicted molar refractivity (Wildman–Crippen MR) is 122 cm³/mol. The van der Waals surface area contributed by atoms with Crippen LogP contribution in [0.3, 0.4) is 0 Å². The van der Waals surface area contributed by atoms with E-state index in [2.05, 4.69) is 37.4 Å². The molecule has 2 heterocycles. The molecule has 0 aliphatic carbocycles. The van der Waals surface area contributed by atoms with Gasteiger partial charge >= 0.3 is 11.8 Å². The minimum atomic E-state index is -0.341. The van der Waals surface area contributed by atoms with E-state index in [0.29, 0.717) is 24.6 Å². The summed E-state index contributed by atoms with van der Waals surface area (Å²) >= 11 is 0. The number of oxazole rings is 1. The number of nitrogens with one attached hydrogen (secondary N) is 1. The van der Waals surface area contributed by atoms with Gasteiger partial charge in [-0.25, -0.2) is 9.59 Å². The monoisotopic (exact) mass is 421 g/mol. The van der Waals surface area contributed by atoms with Gasteiger partial charge in [0.2, 0.25) is 0 Å². The molecule has 164 valence electrons. The second-order valence-corrected chi connectivity index (χ2v) is 9.13. The van der Waals surface area contributed by atoms with Crippen molar-refractivity contribution in [2.24, 2.45) is 7.05 Å². The van der Waals surface area contributed by atoms with Gasteiger partial charge in [0.05, 0.1) is 5.52 Å². The highest BCUT2D eigenvalue weighted by Crippen LogP contribution is 2.38. The molecule has 1 saturated heterocycles. The van der Waals surface area contributed by atoms with Gasteiger partial charge in [-0.05, 0) is 68.7 Å². The van der Waals surface area contributed by atoms with Crippen LogP contribution in [0.25, 0.3) is 11.1 Å². The molecule has 2 amide bonds. The third-order valence-electron chi connectivity index (χ3n) is 6.47. The molecule has 1 fully saturated rings. The number of nitrogens with zero attached hydrogens (tertiary/aromatic N) is 2. The molecule has 6 nitrogen and oxygen atoms in total. The van der Waals surface area contributed by atoms with Crippen molar-refractivity contribution in [1.29, 1.82) is 0 Å². The maximum absolute atomic E-state index is 12.8. The molecule has 4 rings (SSSR count). The molecule has 0 bridgehead atoms. The summed E-state index contributed by atoms with van der Waals surface area (Å²) in [7, 11) is 1.72. The molecule has 1 aromatic heterocycles. The Morgan fingerprint density at radius 3 is 2.71 bits per heavy atom. The van der Waals surface area contributed by atoms with Gasteiger partial charge in [-0.1, -0.05) is 36.4 Å². The first kappa shape index (κ1) is 21.2. The van der Waals surface area contributed by atoms with E-state index in [0.717, 1.165) is 36.8 Å². The number of carbonyl (C=O) groups excluding carboxylic acids is 1. The number of benzene rings is 2. The summed E-state index contributed by atoms with van der Waals surface area (Å²) in [4.78, 5) is 26.6. The van der Waals surface area contributed by atoms with Crippen LogP contribution < -0.4 is 11.1 Å². The van der Waals surface area contributed by atoms with Crippen molar-refractivity contribution in [3.8, 4) is 0 Å². The van der Waals surface area contributed by atoms with Gasteiger partial charge in [0.1, 0.15) is 0 Å². The highest BCUT2D eigenvalue weighted by molar-refractivity contribution is 5.75. The fourth-order valence-corrected chi connectivity index (χ4v) is 4.70. The topological polar surface area (TPSA) is 67.5 Å². The molecule has 1 aliphatic rings. The SMILES string of the molecule is Cn1c(=O)oc2cc(C3CCN(C(=O)NCCCc4ccccc4)C(C)(C)C3)ccc21. The van der Waals surface area contributed by atoms with Crippen LogP contribution in [0, 0.1) is 0 Å². The lowest BCUT2D eigenvalue weighted by Gasteiger charge is -2.45. The number of hydrogen-bond donors (Lipinski definition) is 1. The minimum Gasteiger partial charge on any atom is -0.408 e. The summed E-state index contributed by atoms with van der Waals surface area (Å²) in [5, 5.41) is 3.10. The van der Waals surface area contributed by atoms with Gasteiger partial charge in [-0.15, -0.1) is 0 Å². The molecule has 6 heteroatoms. The second-order valence-electron chi connectivity index (χ2n) is 9.13. The number of likely N-dealkylation sites (tertiary alicyclic amines) is 1. The van der Waals surface area contributed by atoms with Gasteiger partial charge in [0, 0.05) is 25.7 Å². The van der Waals surface area contributed by atoms with E-state index in [4.69, 9.17) is 4.42 Å². The number of amides is 2. The quantitative estimate of drug-likeness (QED) is 0.620. The van der Waals surface area contributed by atoms with Crippen LogP contribution >= 0.6 is 0 Å². The van der Waals surface area contributed by atoms with E-state index < -0.39 is 0 Å². The Morgan fingerprint density at radius 2 is 1.97 bits per heavy atom. The lowest BCUT2D eigenvalue weighted by Crippen LogP contribution is -2.55. The largest absolute Gasteiger partial charge is 0.419 e. The second kappa shape index (κ2) is 8.61. The molecular formula is C25H31N3O3. The third-order valence-corrected chi connectivity index (χ3v) is 6.47. The fraction of sp³-hybridized carbons (Fsp3) is 0.440. The summed E-state index contributed by atoms with van der Waals surface area (Å²) in [6.45, 7) is 5.64. The summed E-state index contributed by atoms with van der Waals surface area (Å²) in [5.41, 5.74) is 3.64. The van der Waals surface area contributed by atoms with Gasteiger partial charge < -0.3 is 14.6 Å². The number of aromatic nitrogens is 1. The van der Waals surface area contributed by atoms with Crippen LogP contribution in [0.4, 0.5) is 4.79 Å². The maximum Gasteiger partial charge on any atom is 0.419 e. The van der Waals surface area contributed by atoms with Crippen LogP contribution in [-0.2, 0) is 13.5 Å². The number of rotatable bonds is 5. The molecule has 0 spiro atoms. The Hall–Kier alpha value is -3.02. The van der Waals surface area contributed by atoms with Crippen LogP contribution in [0.5, 0.6) is 0 Å². The Kier molecular flexibility index (Phi) is 5.90. The zero-order chi connectivity index (χ0) is 22.0. The number of carbonyl (C=O) groups is 1. The Balaban J connectivity index is 1.35. The standard InChI is InChI=1S/C25H31N3O3/c1-25(2)17-20(19-11-12-21-22(16-19)31-24(30)27(21)3)13-15-28(25)23(29)26-14-7-10-18-8-5-4-6-9-18/h4-6,8-9,11-12,16,20H,7,10,13-15,17H2,1-3H3,(H,26,29). The molecule has 3 aromatic rings. The smallest absolute Gasteiger partial charge is 0.408 e. The highest BCUT2D eigenvalue weighted by Gasteiger charge is 2.38. The summed E-state index contributed by atoms with van der Waals surface area (Å²) in [6, 6.07) is 16.4. The zero-order valence-corrected chi connectivity index (χ0v) is 18.6. The van der Waals surface area contributed by atoms with E-state index in [1.165, 1.54) is 10.1 Å². The summed E-state index contributed by atoms with van der Waals surface area (Å²) in [5.74, 6) is -0.0155. The van der Waals surface area contributed by atoms with Crippen molar-refractivity contribution in [3.05, 3.63) is 70.2 Å². The van der Waals surface area contributed by atoms with E-state index in [-0.39, 0.29) is 17.3 Å². The number of hydrogen-bond acceptors (Lipinski definition) is 3. The van der Waals surface area contributed by atoms with Crippen molar-refractivity contribution in [1.82, 2.24) is 14.8 Å². The van der Waals surface area contributed by atoms with Gasteiger partial charge in [0.15, 0.2) is 5.58 Å². The van der Waals surface area contributed by atoms with Gasteiger partial charge in [0.25, 0.3) is 0 Å². The average molecular weight is 422 g/mol. The van der Waals surface area contributed by atoms with E-state index in [1.807, 2.05) is 35.2 Å². The molecular weight excluding hydrogens is 390 g/mol. The van der Waals surface area contributed by atoms with Crippen LogP contribution in [-0.4, -0.2) is 34.1 Å². The first-order valence-corrected chi connectivity index (χ1v) is 11.0. The minimum absolute atomic E-state index is 0.0148. The Morgan fingerprint density at radius 1 is 1.19 bits per heavy atom. The lowest BCUT2D eigenvalue weighted by molar-refractivity contribution is 0.0925. The number of fused-ring (bicyclic) bond motifs is 1. The molecule has 1 aliphatic heterocycles. The number of aryl methyl sites for hydroxylation is 2. The van der Waals surface area contributed by atoms with Crippen LogP contribution in [0.2, 0.25) is 0 Å². The first-order valence-electron chi connectivity index (χ1n) is 11.0. The highest BCUT2D eigenvalue weighted by atomic mass is 16.4. The van der Waals surface area contributed by atoms with Gasteiger partial charge in [-0.2, -0.15) is 0 Å². The van der Waals surface area contributed by atoms with Crippen molar-refractivity contribution in [2.75, 3.05) is 13.1 Å². The molecule has 31 heavy (non-hydrogen) atoms. The summed E-state index contributed by atoms with van der Waals surface area (Å²) < 4.78 is 6.88. The molecule has 1 atom stereocenters. The number of urea groups is 1. The molecule has 2 aromatic carbocycles. The average Bonchev–Trinajstić information content (AvgIpc) is 3.04. The number of piperidine rings is 1. The zero-order valence-electron chi connectivity index (χ0n) is 18.6. The van der Waals surface area contributed by atoms with Crippen molar-refractivity contribution >= 4 is 17.1 Å². The Bertz CT molecular complexity index is 1110. The predicted octanol–water partition coefficient (Wildman–Crippen LogP) is 4.43. The van der Waals surface area contributed by atoms with E-state index in [1.54, 1.807) is 7.05 Å². The fourth-order valence-electron chi connectivity index (χ4n) is 4.70. The van der Waals surface area contributed by atoms with Crippen LogP contribution in [0.1, 0.15) is 50.2 Å². The normalized spacial score (nSPS) is 18.3. The molecule has 1 N–H and O–H groups in total. The first-order chi connectivity index (χ1) is 14.8. The van der Waals surface area contributed by atoms with Crippen LogP contribution in [0.15, 0.2) is 57.7 Å². The molecule has 0 saturated carbocycles. The molecule has 1 unspecified atom stereocenters. The Labute approximate surface area is 182 Å². The summed E-state index contributed by atoms with van der Waals surface area (Å²) in [6.07, 6.45) is 3.65. The lowest BCUT2D eigenvalue weighted by atomic mass is 9.79. The maximum atomic E-state index is 12.8. The van der Waals surface area contributed by atoms with Gasteiger partial charge in [-0.3, -0.25) is 4.57 Å². The van der Waals surface area contributed by atoms with Crippen molar-refractivity contribution < 1.29 is 9.21 Å². The van der Waals surface area contributed by atoms with Crippen molar-refractivity contribution in [2.45, 2.75) is 51.0 Å². The van der Waals surface area contributed by atoms with E-state index in [9.17, 15) is 9.59 Å². The van der Waals surface area contributed by atoms with Crippen molar-refractivity contribution in [3.63, 3.8) is 0 Å². The van der Waals surface area contributed by atoms with E-state index >= 15 is 0 Å². The molecule has 0 radical (unpaired) electrons. The third kappa shape index (κ3) is 4.53.